The largest absolute Gasteiger partial charge is 0.457 e. The number of fused-ring (bicyclic) bond motifs is 21. The molecular weight excluding hydrogens is 967 g/mol. The van der Waals surface area contributed by atoms with Crippen molar-refractivity contribution in [3.63, 3.8) is 0 Å². The molecule has 4 aliphatic rings. The monoisotopic (exact) mass is 1010 g/mol. The second-order valence-electron chi connectivity index (χ2n) is 20.9. The standard InChI is InChI=1S/C74H45NO2S/c1-4-23-55-52(18-1)70-50(21-15-29-61(70)73(55)57-25-6-10-32-64(57)76-65-33-11-7-26-58(65)73)46-38-42-48(43-39-46)75(49-44-40-47(41-45-49)51-22-16-37-69-71(51)54-20-3-14-36-68(54)78-69)63-31-17-30-62-72(63)53-19-2-5-24-56(53)74(62)59-27-8-12-34-66(59)77-67-35-13-9-28-60(67)74/h1-45H. The van der Waals surface area contributed by atoms with Gasteiger partial charge in [-0.25, -0.2) is 0 Å². The van der Waals surface area contributed by atoms with Gasteiger partial charge >= 0.3 is 0 Å². The lowest BCUT2D eigenvalue weighted by Gasteiger charge is -2.39. The van der Waals surface area contributed by atoms with Gasteiger partial charge in [-0.05, 0) is 128 Å². The molecule has 0 atom stereocenters. The van der Waals surface area contributed by atoms with Crippen molar-refractivity contribution >= 4 is 48.6 Å². The Hall–Kier alpha value is -9.74. The van der Waals surface area contributed by atoms with Crippen LogP contribution in [0.3, 0.4) is 0 Å². The quantitative estimate of drug-likeness (QED) is 0.171. The molecule has 0 radical (unpaired) electrons. The molecule has 78 heavy (non-hydrogen) atoms. The molecule has 12 aromatic carbocycles. The van der Waals surface area contributed by atoms with Crippen molar-refractivity contribution in [2.24, 2.45) is 0 Å². The first kappa shape index (κ1) is 43.5. The number of hydrogen-bond acceptors (Lipinski definition) is 4. The Bertz CT molecular complexity index is 4550. The Morgan fingerprint density at radius 2 is 0.667 bits per heavy atom. The molecule has 0 saturated carbocycles. The molecule has 364 valence electrons. The lowest BCUT2D eigenvalue weighted by Crippen LogP contribution is -2.32. The normalized spacial score (nSPS) is 14.1. The van der Waals surface area contributed by atoms with E-state index in [1.807, 2.05) is 11.3 Å². The highest BCUT2D eigenvalue weighted by molar-refractivity contribution is 7.25. The number of anilines is 3. The third-order valence-electron chi connectivity index (χ3n) is 17.2. The molecule has 2 aliphatic carbocycles. The van der Waals surface area contributed by atoms with Crippen molar-refractivity contribution in [1.29, 1.82) is 0 Å². The predicted molar refractivity (Wildman–Crippen MR) is 320 cm³/mol. The summed E-state index contributed by atoms with van der Waals surface area (Å²) in [7, 11) is 0. The van der Waals surface area contributed by atoms with E-state index < -0.39 is 10.8 Å². The molecule has 0 amide bonds. The van der Waals surface area contributed by atoms with E-state index in [1.54, 1.807) is 0 Å². The fraction of sp³-hybridized carbons (Fsp3) is 0.0270. The third kappa shape index (κ3) is 5.76. The van der Waals surface area contributed by atoms with E-state index >= 15 is 0 Å². The average molecular weight is 1010 g/mol. The van der Waals surface area contributed by atoms with Crippen molar-refractivity contribution in [2.45, 2.75) is 10.8 Å². The molecule has 13 aromatic rings. The molecule has 1 aromatic heterocycles. The molecule has 0 fully saturated rings. The Morgan fingerprint density at radius 1 is 0.282 bits per heavy atom. The maximum Gasteiger partial charge on any atom is 0.132 e. The zero-order chi connectivity index (χ0) is 51.1. The number of benzene rings is 12. The number of para-hydroxylation sites is 4. The van der Waals surface area contributed by atoms with Crippen molar-refractivity contribution in [2.75, 3.05) is 4.90 Å². The lowest BCUT2D eigenvalue weighted by molar-refractivity contribution is 0.436. The summed E-state index contributed by atoms with van der Waals surface area (Å²) in [6.45, 7) is 0. The summed E-state index contributed by atoms with van der Waals surface area (Å²) < 4.78 is 16.0. The fourth-order valence-electron chi connectivity index (χ4n) is 14.2. The van der Waals surface area contributed by atoms with Crippen LogP contribution in [0.5, 0.6) is 23.0 Å². The van der Waals surface area contributed by atoms with Crippen LogP contribution >= 0.6 is 11.3 Å². The topological polar surface area (TPSA) is 21.7 Å². The number of thiophene rings is 1. The molecule has 3 heterocycles. The molecular formula is C74H45NO2S. The fourth-order valence-corrected chi connectivity index (χ4v) is 15.4. The second kappa shape index (κ2) is 16.4. The SMILES string of the molecule is c1ccc2c(c1)Oc1ccccc1C21c2ccccc2-c2c(-c3ccc(N(c4ccc(-c5cccc6sc7ccccc7c56)cc4)c4cccc5c4-c4ccccc4C54c5ccccc5Oc5ccccc54)cc3)cccc21. The summed E-state index contributed by atoms with van der Waals surface area (Å²) in [5.41, 5.74) is 21.4. The number of ether oxygens (including phenoxy) is 2. The van der Waals surface area contributed by atoms with Crippen LogP contribution in [0.15, 0.2) is 273 Å². The van der Waals surface area contributed by atoms with E-state index in [9.17, 15) is 0 Å². The highest BCUT2D eigenvalue weighted by Gasteiger charge is 2.53. The van der Waals surface area contributed by atoms with Crippen LogP contribution < -0.4 is 14.4 Å². The van der Waals surface area contributed by atoms with Crippen LogP contribution in [-0.4, -0.2) is 0 Å². The van der Waals surface area contributed by atoms with Crippen LogP contribution in [0, 0.1) is 0 Å². The van der Waals surface area contributed by atoms with Gasteiger partial charge in [-0.3, -0.25) is 0 Å². The Labute approximate surface area is 456 Å². The van der Waals surface area contributed by atoms with Crippen LogP contribution in [0.1, 0.15) is 44.5 Å². The molecule has 3 nitrogen and oxygen atoms in total. The molecule has 0 unspecified atom stereocenters. The molecule has 2 spiro atoms. The van der Waals surface area contributed by atoms with Gasteiger partial charge < -0.3 is 14.4 Å². The number of nitrogens with zero attached hydrogens (tertiary/aromatic N) is 1. The first-order chi connectivity index (χ1) is 38.7. The first-order valence-electron chi connectivity index (χ1n) is 26.8. The summed E-state index contributed by atoms with van der Waals surface area (Å²) in [4.78, 5) is 2.48. The average Bonchev–Trinajstić information content (AvgIpc) is 4.15. The highest BCUT2D eigenvalue weighted by atomic mass is 32.1. The van der Waals surface area contributed by atoms with Gasteiger partial charge in [0.05, 0.1) is 16.5 Å². The lowest BCUT2D eigenvalue weighted by atomic mass is 9.66. The smallest absolute Gasteiger partial charge is 0.132 e. The Kier molecular flexibility index (Phi) is 9.14. The van der Waals surface area contributed by atoms with Gasteiger partial charge in [-0.2, -0.15) is 0 Å². The van der Waals surface area contributed by atoms with Gasteiger partial charge in [0, 0.05) is 59.4 Å². The van der Waals surface area contributed by atoms with E-state index in [4.69, 9.17) is 9.47 Å². The molecule has 0 saturated heterocycles. The highest BCUT2D eigenvalue weighted by Crippen LogP contribution is 2.66. The summed E-state index contributed by atoms with van der Waals surface area (Å²) >= 11 is 1.86. The summed E-state index contributed by atoms with van der Waals surface area (Å²) in [6, 6.07) is 100. The van der Waals surface area contributed by atoms with E-state index in [0.29, 0.717) is 0 Å². The maximum atomic E-state index is 6.75. The summed E-state index contributed by atoms with van der Waals surface area (Å²) in [5.74, 6) is 3.55. The molecule has 17 rings (SSSR count). The van der Waals surface area contributed by atoms with Crippen LogP contribution in [-0.2, 0) is 10.8 Å². The van der Waals surface area contributed by atoms with Gasteiger partial charge in [-0.15, -0.1) is 11.3 Å². The summed E-state index contributed by atoms with van der Waals surface area (Å²) in [6.07, 6.45) is 0. The zero-order valence-corrected chi connectivity index (χ0v) is 43.0. The minimum absolute atomic E-state index is 0.550. The van der Waals surface area contributed by atoms with Crippen molar-refractivity contribution in [3.05, 3.63) is 317 Å². The minimum atomic E-state index is -0.610. The second-order valence-corrected chi connectivity index (χ2v) is 22.0. The zero-order valence-electron chi connectivity index (χ0n) is 42.2. The molecule has 4 heteroatoms. The van der Waals surface area contributed by atoms with Crippen molar-refractivity contribution < 1.29 is 9.47 Å². The summed E-state index contributed by atoms with van der Waals surface area (Å²) in [5, 5.41) is 2.61. The van der Waals surface area contributed by atoms with E-state index in [1.165, 1.54) is 81.4 Å². The van der Waals surface area contributed by atoms with Gasteiger partial charge in [0.15, 0.2) is 0 Å². The van der Waals surface area contributed by atoms with Gasteiger partial charge in [0.2, 0.25) is 0 Å². The third-order valence-corrected chi connectivity index (χ3v) is 18.4. The Balaban J connectivity index is 0.870. The number of hydrogen-bond donors (Lipinski definition) is 0. The number of rotatable bonds is 5. The van der Waals surface area contributed by atoms with E-state index in [2.05, 4.69) is 278 Å². The first-order valence-corrected chi connectivity index (χ1v) is 27.6. The van der Waals surface area contributed by atoms with Crippen LogP contribution in [0.2, 0.25) is 0 Å². The van der Waals surface area contributed by atoms with Crippen molar-refractivity contribution in [3.8, 4) is 67.5 Å². The molecule has 0 N–H and O–H groups in total. The molecule has 2 aliphatic heterocycles. The van der Waals surface area contributed by atoms with Gasteiger partial charge in [0.25, 0.3) is 0 Å². The van der Waals surface area contributed by atoms with Crippen LogP contribution in [0.25, 0.3) is 64.7 Å². The van der Waals surface area contributed by atoms with Gasteiger partial charge in [-0.1, -0.05) is 206 Å². The predicted octanol–water partition coefficient (Wildman–Crippen LogP) is 19.8. The minimum Gasteiger partial charge on any atom is -0.457 e. The van der Waals surface area contributed by atoms with Gasteiger partial charge in [0.1, 0.15) is 23.0 Å². The van der Waals surface area contributed by atoms with Crippen LogP contribution in [0.4, 0.5) is 17.1 Å². The van der Waals surface area contributed by atoms with E-state index in [0.717, 1.165) is 67.9 Å². The Morgan fingerprint density at radius 3 is 1.23 bits per heavy atom. The van der Waals surface area contributed by atoms with Crippen molar-refractivity contribution in [1.82, 2.24) is 0 Å². The maximum absolute atomic E-state index is 6.75. The molecule has 0 bridgehead atoms. The van der Waals surface area contributed by atoms with E-state index in [-0.39, 0.29) is 0 Å².